The first-order valence-electron chi connectivity index (χ1n) is 10.6. The van der Waals surface area contributed by atoms with Gasteiger partial charge in [-0.2, -0.15) is 0 Å². The zero-order chi connectivity index (χ0) is 26.8. The summed E-state index contributed by atoms with van der Waals surface area (Å²) in [6.45, 7) is 3.19. The number of alkyl carbamates (subject to hydrolysis) is 1. The van der Waals surface area contributed by atoms with E-state index in [-0.39, 0.29) is 11.3 Å². The maximum Gasteiger partial charge on any atom is 0.408 e. The molecule has 2 atom stereocenters. The minimum atomic E-state index is -1.56. The number of para-hydroxylation sites is 1. The highest BCUT2D eigenvalue weighted by Gasteiger charge is 2.37. The average molecular weight is 497 g/mol. The molecule has 4 amide bonds. The van der Waals surface area contributed by atoms with Crippen molar-refractivity contribution in [2.45, 2.75) is 44.9 Å². The van der Waals surface area contributed by atoms with Crippen molar-refractivity contribution in [3.8, 4) is 5.75 Å². The van der Waals surface area contributed by atoms with E-state index in [1.807, 2.05) is 0 Å². The number of methoxy groups -OCH3 is 1. The first-order valence-corrected chi connectivity index (χ1v) is 10.6. The number of nitrogens with two attached hydrogens (primary N) is 1. The third kappa shape index (κ3) is 9.49. The van der Waals surface area contributed by atoms with Crippen LogP contribution < -0.4 is 16.4 Å². The van der Waals surface area contributed by atoms with Crippen molar-refractivity contribution in [3.63, 3.8) is 0 Å². The van der Waals surface area contributed by atoms with Gasteiger partial charge in [-0.3, -0.25) is 19.2 Å². The van der Waals surface area contributed by atoms with Gasteiger partial charge in [-0.15, -0.1) is 0 Å². The minimum Gasteiger partial charge on any atom is -0.508 e. The summed E-state index contributed by atoms with van der Waals surface area (Å²) < 4.78 is 9.63. The number of primary amides is 1. The summed E-state index contributed by atoms with van der Waals surface area (Å²) in [7, 11) is 1.12. The molecule has 0 aromatic heterocycles. The van der Waals surface area contributed by atoms with Gasteiger partial charge in [0.05, 0.1) is 20.1 Å². The topological polar surface area (TPSA) is 198 Å². The molecule has 1 rings (SSSR count). The zero-order valence-corrected chi connectivity index (χ0v) is 20.1. The van der Waals surface area contributed by atoms with Gasteiger partial charge in [-0.25, -0.2) is 4.79 Å². The number of carbonyl (C=O) groups is 5. The Morgan fingerprint density at radius 1 is 1.14 bits per heavy atom. The van der Waals surface area contributed by atoms with E-state index in [2.05, 4.69) is 15.4 Å². The standard InChI is InChI=1S/C22H32N4O9/c1-22(2,3)35-21(33)25-14(11-16(23)29)20(32)26(9-10-27)18(13-7-5-6-8-15(13)28)19(31)24-12-17(30)34-4/h5-8,14,18,27-28H,9-12H2,1-4H3,(H2,23,29)(H,24,31)(H,25,33). The van der Waals surface area contributed by atoms with Crippen LogP contribution in [0, 0.1) is 0 Å². The Labute approximate surface area is 202 Å². The lowest BCUT2D eigenvalue weighted by Gasteiger charge is -2.34. The van der Waals surface area contributed by atoms with Crippen molar-refractivity contribution in [2.24, 2.45) is 5.73 Å². The first-order chi connectivity index (χ1) is 16.3. The number of benzene rings is 1. The smallest absolute Gasteiger partial charge is 0.408 e. The molecular formula is C22H32N4O9. The summed E-state index contributed by atoms with van der Waals surface area (Å²) in [6, 6.07) is 2.50. The molecule has 0 heterocycles. The number of esters is 1. The molecule has 0 bridgehead atoms. The maximum atomic E-state index is 13.5. The monoisotopic (exact) mass is 496 g/mol. The number of hydrogen-bond acceptors (Lipinski definition) is 9. The quantitative estimate of drug-likeness (QED) is 0.246. The Morgan fingerprint density at radius 3 is 2.29 bits per heavy atom. The van der Waals surface area contributed by atoms with E-state index in [0.717, 1.165) is 12.0 Å². The molecule has 0 saturated heterocycles. The van der Waals surface area contributed by atoms with E-state index in [4.69, 9.17) is 10.5 Å². The number of amides is 4. The predicted octanol–water partition coefficient (Wildman–Crippen LogP) is -0.688. The Bertz CT molecular complexity index is 930. The van der Waals surface area contributed by atoms with Crippen molar-refractivity contribution in [3.05, 3.63) is 29.8 Å². The van der Waals surface area contributed by atoms with E-state index in [1.54, 1.807) is 20.8 Å². The number of nitrogens with one attached hydrogen (secondary N) is 2. The lowest BCUT2D eigenvalue weighted by atomic mass is 10.0. The van der Waals surface area contributed by atoms with Gasteiger partial charge < -0.3 is 41.0 Å². The van der Waals surface area contributed by atoms with Crippen molar-refractivity contribution in [1.29, 1.82) is 0 Å². The number of aromatic hydroxyl groups is 1. The predicted molar refractivity (Wildman–Crippen MR) is 122 cm³/mol. The van der Waals surface area contributed by atoms with Crippen LogP contribution in [0.1, 0.15) is 38.8 Å². The normalized spacial score (nSPS) is 12.6. The highest BCUT2D eigenvalue weighted by molar-refractivity contribution is 5.95. The summed E-state index contributed by atoms with van der Waals surface area (Å²) in [6.07, 6.45) is -1.66. The van der Waals surface area contributed by atoms with Crippen LogP contribution in [-0.4, -0.2) is 83.3 Å². The van der Waals surface area contributed by atoms with Crippen LogP contribution in [0.15, 0.2) is 24.3 Å². The molecule has 0 aliphatic carbocycles. The average Bonchev–Trinajstić information content (AvgIpc) is 2.75. The van der Waals surface area contributed by atoms with Crippen LogP contribution in [0.3, 0.4) is 0 Å². The van der Waals surface area contributed by atoms with E-state index in [1.165, 1.54) is 24.3 Å². The van der Waals surface area contributed by atoms with Gasteiger partial charge in [0.2, 0.25) is 17.7 Å². The van der Waals surface area contributed by atoms with Crippen LogP contribution in [0.4, 0.5) is 4.79 Å². The fraction of sp³-hybridized carbons (Fsp3) is 0.500. The van der Waals surface area contributed by atoms with E-state index >= 15 is 0 Å². The minimum absolute atomic E-state index is 0.0354. The number of aliphatic hydroxyl groups excluding tert-OH is 1. The molecule has 1 aromatic carbocycles. The second-order valence-corrected chi connectivity index (χ2v) is 8.38. The van der Waals surface area contributed by atoms with E-state index in [9.17, 15) is 34.2 Å². The molecule has 1 aromatic rings. The molecule has 13 heteroatoms. The second-order valence-electron chi connectivity index (χ2n) is 8.38. The summed E-state index contributed by atoms with van der Waals surface area (Å²) in [5.74, 6) is -3.92. The van der Waals surface area contributed by atoms with Crippen LogP contribution >= 0.6 is 0 Å². The molecule has 0 spiro atoms. The third-order valence-corrected chi connectivity index (χ3v) is 4.44. The number of ether oxygens (including phenoxy) is 2. The van der Waals surface area contributed by atoms with Crippen LogP contribution in [0.25, 0.3) is 0 Å². The van der Waals surface area contributed by atoms with Gasteiger partial charge in [0, 0.05) is 12.1 Å². The molecule has 35 heavy (non-hydrogen) atoms. The SMILES string of the molecule is COC(=O)CNC(=O)C(c1ccccc1O)N(CCO)C(=O)C(CC(N)=O)NC(=O)OC(C)(C)C. The summed E-state index contributed by atoms with van der Waals surface area (Å²) in [5, 5.41) is 24.6. The number of aliphatic hydroxyl groups is 1. The van der Waals surface area contributed by atoms with Crippen LogP contribution in [0.2, 0.25) is 0 Å². The Morgan fingerprint density at radius 2 is 1.77 bits per heavy atom. The molecule has 194 valence electrons. The van der Waals surface area contributed by atoms with Gasteiger partial charge in [-0.05, 0) is 26.8 Å². The number of phenols is 1. The van der Waals surface area contributed by atoms with Crippen LogP contribution in [-0.2, 0) is 28.7 Å². The maximum absolute atomic E-state index is 13.5. The van der Waals surface area contributed by atoms with Gasteiger partial charge in [0.15, 0.2) is 0 Å². The summed E-state index contributed by atoms with van der Waals surface area (Å²) in [5.41, 5.74) is 4.30. The Hall–Kier alpha value is -3.87. The molecule has 0 aliphatic rings. The molecule has 2 unspecified atom stereocenters. The number of carbonyl (C=O) groups excluding carboxylic acids is 5. The summed E-state index contributed by atoms with van der Waals surface area (Å²) >= 11 is 0. The van der Waals surface area contributed by atoms with Crippen molar-refractivity contribution in [1.82, 2.24) is 15.5 Å². The summed E-state index contributed by atoms with van der Waals surface area (Å²) in [4.78, 5) is 62.9. The number of nitrogens with zero attached hydrogens (tertiary/aromatic N) is 1. The van der Waals surface area contributed by atoms with Crippen molar-refractivity contribution >= 4 is 29.8 Å². The zero-order valence-electron chi connectivity index (χ0n) is 20.1. The molecule has 6 N–H and O–H groups in total. The van der Waals surface area contributed by atoms with Crippen molar-refractivity contribution in [2.75, 3.05) is 26.8 Å². The second kappa shape index (κ2) is 13.1. The molecule has 0 saturated carbocycles. The van der Waals surface area contributed by atoms with Gasteiger partial charge in [0.25, 0.3) is 0 Å². The molecule has 0 radical (unpaired) electrons. The van der Waals surface area contributed by atoms with Crippen LogP contribution in [0.5, 0.6) is 5.75 Å². The fourth-order valence-electron chi connectivity index (χ4n) is 3.02. The van der Waals surface area contributed by atoms with Crippen molar-refractivity contribution < 1.29 is 43.7 Å². The number of hydrogen-bond donors (Lipinski definition) is 5. The highest BCUT2D eigenvalue weighted by atomic mass is 16.6. The lowest BCUT2D eigenvalue weighted by molar-refractivity contribution is -0.145. The molecule has 13 nitrogen and oxygen atoms in total. The van der Waals surface area contributed by atoms with Gasteiger partial charge in [-0.1, -0.05) is 18.2 Å². The molecule has 0 fully saturated rings. The van der Waals surface area contributed by atoms with E-state index in [0.29, 0.717) is 0 Å². The first kappa shape index (κ1) is 29.2. The molecular weight excluding hydrogens is 464 g/mol. The van der Waals surface area contributed by atoms with Gasteiger partial charge >= 0.3 is 12.1 Å². The Kier molecular flexibility index (Phi) is 10.9. The third-order valence-electron chi connectivity index (χ3n) is 4.44. The largest absolute Gasteiger partial charge is 0.508 e. The highest BCUT2D eigenvalue weighted by Crippen LogP contribution is 2.29. The number of rotatable bonds is 11. The fourth-order valence-corrected chi connectivity index (χ4v) is 3.02. The van der Waals surface area contributed by atoms with Gasteiger partial charge in [0.1, 0.15) is 30.0 Å². The Balaban J connectivity index is 3.43. The molecule has 0 aliphatic heterocycles. The van der Waals surface area contributed by atoms with E-state index < -0.39 is 73.6 Å². The lowest BCUT2D eigenvalue weighted by Crippen LogP contribution is -2.54. The number of phenolic OH excluding ortho intramolecular Hbond substituents is 1.